The minimum absolute atomic E-state index is 0.0792. The summed E-state index contributed by atoms with van der Waals surface area (Å²) in [6, 6.07) is 13.9. The Morgan fingerprint density at radius 2 is 1.80 bits per heavy atom. The Morgan fingerprint density at radius 1 is 0.967 bits per heavy atom. The van der Waals surface area contributed by atoms with E-state index in [0.717, 1.165) is 57.1 Å². The van der Waals surface area contributed by atoms with E-state index < -0.39 is 0 Å². The van der Waals surface area contributed by atoms with Crippen LogP contribution in [0.5, 0.6) is 11.5 Å². The van der Waals surface area contributed by atoms with Crippen LogP contribution in [-0.4, -0.2) is 67.8 Å². The molecule has 2 fully saturated rings. The van der Waals surface area contributed by atoms with E-state index in [1.807, 2.05) is 35.2 Å². The molecule has 7 heteroatoms. The number of fused-ring (bicyclic) bond motifs is 1. The first kappa shape index (κ1) is 19.5. The minimum Gasteiger partial charge on any atom is -0.454 e. The molecule has 2 aromatic rings. The zero-order valence-electron chi connectivity index (χ0n) is 16.9. The average Bonchev–Trinajstić information content (AvgIpc) is 3.27. The molecule has 0 aliphatic carbocycles. The second-order valence-electron chi connectivity index (χ2n) is 8.12. The summed E-state index contributed by atoms with van der Waals surface area (Å²) in [5.41, 5.74) is 1.86. The first-order valence-corrected chi connectivity index (χ1v) is 11.0. The number of halogens is 1. The molecule has 2 aromatic carbocycles. The number of hydrogen-bond donors (Lipinski definition) is 0. The van der Waals surface area contributed by atoms with Gasteiger partial charge in [0.25, 0.3) is 5.91 Å². The zero-order chi connectivity index (χ0) is 20.5. The molecule has 0 N–H and O–H groups in total. The highest BCUT2D eigenvalue weighted by Gasteiger charge is 2.31. The predicted molar refractivity (Wildman–Crippen MR) is 117 cm³/mol. The second kappa shape index (κ2) is 8.36. The molecule has 30 heavy (non-hydrogen) atoms. The van der Waals surface area contributed by atoms with E-state index in [9.17, 15) is 4.79 Å². The smallest absolute Gasteiger partial charge is 0.254 e. The van der Waals surface area contributed by atoms with Gasteiger partial charge in [-0.1, -0.05) is 17.7 Å². The Balaban J connectivity index is 1.20. The number of benzene rings is 2. The number of piperidine rings is 1. The van der Waals surface area contributed by atoms with Crippen LogP contribution in [-0.2, 0) is 0 Å². The van der Waals surface area contributed by atoms with E-state index in [2.05, 4.69) is 15.9 Å². The molecule has 3 aliphatic heterocycles. The van der Waals surface area contributed by atoms with Crippen molar-refractivity contribution in [1.82, 2.24) is 9.80 Å². The number of hydrogen-bond acceptors (Lipinski definition) is 5. The molecule has 158 valence electrons. The summed E-state index contributed by atoms with van der Waals surface area (Å²) < 4.78 is 10.8. The van der Waals surface area contributed by atoms with Gasteiger partial charge in [0.2, 0.25) is 6.79 Å². The molecule has 6 nitrogen and oxygen atoms in total. The molecule has 0 radical (unpaired) electrons. The Hall–Kier alpha value is -2.44. The number of anilines is 1. The fourth-order valence-electron chi connectivity index (χ4n) is 4.67. The summed E-state index contributed by atoms with van der Waals surface area (Å²) in [6.45, 7) is 5.78. The SMILES string of the molecule is O=C(c1ccc2c(c1)OCO2)N1CCC[C@H](N2CCN(c3cccc(Cl)c3)CC2)C1. The van der Waals surface area contributed by atoms with Crippen molar-refractivity contribution in [2.75, 3.05) is 51.0 Å². The van der Waals surface area contributed by atoms with Crippen molar-refractivity contribution in [2.24, 2.45) is 0 Å². The number of amides is 1. The summed E-state index contributed by atoms with van der Waals surface area (Å²) in [5.74, 6) is 1.45. The number of rotatable bonds is 3. The highest BCUT2D eigenvalue weighted by molar-refractivity contribution is 6.30. The number of carbonyl (C=O) groups is 1. The molecule has 0 saturated carbocycles. The molecule has 0 bridgehead atoms. The fourth-order valence-corrected chi connectivity index (χ4v) is 4.85. The van der Waals surface area contributed by atoms with E-state index in [4.69, 9.17) is 21.1 Å². The van der Waals surface area contributed by atoms with Crippen molar-refractivity contribution in [3.8, 4) is 11.5 Å². The second-order valence-corrected chi connectivity index (χ2v) is 8.55. The van der Waals surface area contributed by atoms with Gasteiger partial charge in [-0.15, -0.1) is 0 Å². The quantitative estimate of drug-likeness (QED) is 0.750. The lowest BCUT2D eigenvalue weighted by molar-refractivity contribution is 0.0563. The first-order valence-electron chi connectivity index (χ1n) is 10.6. The van der Waals surface area contributed by atoms with Crippen molar-refractivity contribution in [1.29, 1.82) is 0 Å². The first-order chi connectivity index (χ1) is 14.7. The molecule has 0 spiro atoms. The van der Waals surface area contributed by atoms with Gasteiger partial charge in [0.05, 0.1) is 0 Å². The third-order valence-corrected chi connectivity index (χ3v) is 6.54. The number of ether oxygens (including phenoxy) is 2. The third kappa shape index (κ3) is 3.94. The van der Waals surface area contributed by atoms with E-state index in [1.54, 1.807) is 6.07 Å². The van der Waals surface area contributed by atoms with Gasteiger partial charge < -0.3 is 19.3 Å². The highest BCUT2D eigenvalue weighted by atomic mass is 35.5. The molecule has 1 atom stereocenters. The van der Waals surface area contributed by atoms with Crippen molar-refractivity contribution < 1.29 is 14.3 Å². The molecule has 1 amide bonds. The van der Waals surface area contributed by atoms with Crippen molar-refractivity contribution in [3.05, 3.63) is 53.1 Å². The molecule has 3 heterocycles. The Labute approximate surface area is 181 Å². The zero-order valence-corrected chi connectivity index (χ0v) is 17.7. The molecule has 3 aliphatic rings. The van der Waals surface area contributed by atoms with Gasteiger partial charge in [-0.3, -0.25) is 9.69 Å². The monoisotopic (exact) mass is 427 g/mol. The molecule has 0 unspecified atom stereocenters. The predicted octanol–water partition coefficient (Wildman–Crippen LogP) is 3.50. The van der Waals surface area contributed by atoms with Gasteiger partial charge in [0, 0.05) is 61.6 Å². The summed E-state index contributed by atoms with van der Waals surface area (Å²) in [5, 5.41) is 0.778. The summed E-state index contributed by atoms with van der Waals surface area (Å²) in [4.78, 5) is 20.0. The standard InChI is InChI=1S/C23H26ClN3O3/c24-18-3-1-4-19(14-18)25-9-11-26(12-10-25)20-5-2-8-27(15-20)23(28)17-6-7-21-22(13-17)30-16-29-21/h1,3-4,6-7,13-14,20H,2,5,8-12,15-16H2/t20-/m0/s1. The van der Waals surface area contributed by atoms with Crippen LogP contribution in [0.3, 0.4) is 0 Å². The summed E-state index contributed by atoms with van der Waals surface area (Å²) in [6.07, 6.45) is 2.18. The lowest BCUT2D eigenvalue weighted by Crippen LogP contribution is -2.55. The molecular weight excluding hydrogens is 402 g/mol. The van der Waals surface area contributed by atoms with Gasteiger partial charge in [-0.25, -0.2) is 0 Å². The maximum atomic E-state index is 13.1. The number of nitrogens with zero attached hydrogens (tertiary/aromatic N) is 3. The largest absolute Gasteiger partial charge is 0.454 e. The maximum Gasteiger partial charge on any atom is 0.254 e. The lowest BCUT2D eigenvalue weighted by atomic mass is 10.0. The molecule has 2 saturated heterocycles. The summed E-state index contributed by atoms with van der Waals surface area (Å²) in [7, 11) is 0. The van der Waals surface area contributed by atoms with Gasteiger partial charge >= 0.3 is 0 Å². The lowest BCUT2D eigenvalue weighted by Gasteiger charge is -2.44. The maximum absolute atomic E-state index is 13.1. The Morgan fingerprint density at radius 3 is 2.63 bits per heavy atom. The topological polar surface area (TPSA) is 45.3 Å². The molecular formula is C23H26ClN3O3. The van der Waals surface area contributed by atoms with E-state index >= 15 is 0 Å². The van der Waals surface area contributed by atoms with E-state index in [1.165, 1.54) is 5.69 Å². The fraction of sp³-hybridized carbons (Fsp3) is 0.435. The van der Waals surface area contributed by atoms with Crippen molar-refractivity contribution in [2.45, 2.75) is 18.9 Å². The molecule has 0 aromatic heterocycles. The Kier molecular flexibility index (Phi) is 5.44. The van der Waals surface area contributed by atoms with Crippen LogP contribution in [0.4, 0.5) is 5.69 Å². The minimum atomic E-state index is 0.0792. The van der Waals surface area contributed by atoms with Crippen molar-refractivity contribution >= 4 is 23.2 Å². The van der Waals surface area contributed by atoms with E-state index in [-0.39, 0.29) is 12.7 Å². The Bertz CT molecular complexity index is 930. The number of piperazine rings is 1. The summed E-state index contributed by atoms with van der Waals surface area (Å²) >= 11 is 6.15. The van der Waals surface area contributed by atoms with Gasteiger partial charge in [0.1, 0.15) is 0 Å². The van der Waals surface area contributed by atoms with Crippen LogP contribution >= 0.6 is 11.6 Å². The van der Waals surface area contributed by atoms with Crippen LogP contribution in [0.25, 0.3) is 0 Å². The number of likely N-dealkylation sites (tertiary alicyclic amines) is 1. The average molecular weight is 428 g/mol. The van der Waals surface area contributed by atoms with Crippen LogP contribution < -0.4 is 14.4 Å². The van der Waals surface area contributed by atoms with E-state index in [0.29, 0.717) is 23.1 Å². The van der Waals surface area contributed by atoms with Crippen molar-refractivity contribution in [3.63, 3.8) is 0 Å². The van der Waals surface area contributed by atoms with Crippen LogP contribution in [0.1, 0.15) is 23.2 Å². The van der Waals surface area contributed by atoms with Crippen LogP contribution in [0.2, 0.25) is 5.02 Å². The van der Waals surface area contributed by atoms with Gasteiger partial charge in [-0.05, 0) is 49.2 Å². The van der Waals surface area contributed by atoms with Crippen LogP contribution in [0, 0.1) is 0 Å². The van der Waals surface area contributed by atoms with Gasteiger partial charge in [-0.2, -0.15) is 0 Å². The highest BCUT2D eigenvalue weighted by Crippen LogP contribution is 2.33. The molecule has 5 rings (SSSR count). The third-order valence-electron chi connectivity index (χ3n) is 6.31. The van der Waals surface area contributed by atoms with Crippen LogP contribution in [0.15, 0.2) is 42.5 Å². The van der Waals surface area contributed by atoms with Gasteiger partial charge in [0.15, 0.2) is 11.5 Å². The number of carbonyl (C=O) groups excluding carboxylic acids is 1. The normalized spacial score (nSPS) is 21.7.